The molecule has 2 aromatic heterocycles. The molecule has 0 aliphatic carbocycles. The number of pyridine rings is 2. The molecule has 2 aliphatic rings. The first-order valence-electron chi connectivity index (χ1n) is 15.9. The SMILES string of the molecule is [2H]C([2H])([2H])c1ccc(-c2[c-]cccc2)nc1.[Ir].[c-]1ccc2c(c1-c1ccc3ccccc3n1)Oc1cccc3c1B2c1ccccc1O3. The van der Waals surface area contributed by atoms with E-state index < -0.39 is 6.85 Å². The standard InChI is InChI=1S/C27H15BNO2.C12H10N.Ir/c1-3-11-21-17(7-1)15-16-22(29-21)18-8-5-10-20-27(18)31-25-14-6-13-24-26(25)28(20)19-9-2-4-12-23(19)30-24;1-10-7-8-12(13-9-10)11-5-3-2-4-6-11;/h1-7,9-16H;2-5,7-9H,1H3;/q2*-1;/i;1D3;. The van der Waals surface area contributed by atoms with Crippen LogP contribution in [0, 0.1) is 19.0 Å². The maximum absolute atomic E-state index is 7.23. The molecule has 6 heteroatoms. The molecule has 1 radical (unpaired) electrons. The Morgan fingerprint density at radius 1 is 0.667 bits per heavy atom. The van der Waals surface area contributed by atoms with Gasteiger partial charge in [-0.25, -0.2) is 0 Å². The Kier molecular flexibility index (Phi) is 6.84. The van der Waals surface area contributed by atoms with E-state index >= 15 is 0 Å². The monoisotopic (exact) mass is 760 g/mol. The van der Waals surface area contributed by atoms with Gasteiger partial charge in [0.25, 0.3) is 0 Å². The number of fused-ring (bicyclic) bond motifs is 5. The van der Waals surface area contributed by atoms with Crippen molar-refractivity contribution < 1.29 is 33.7 Å². The van der Waals surface area contributed by atoms with E-state index in [4.69, 9.17) is 18.6 Å². The number of para-hydroxylation sites is 2. The zero-order chi connectivity index (χ0) is 32.0. The van der Waals surface area contributed by atoms with Crippen molar-refractivity contribution in [2.75, 3.05) is 0 Å². The molecule has 5 aromatic carbocycles. The molecule has 4 nitrogen and oxygen atoms in total. The van der Waals surface area contributed by atoms with E-state index in [2.05, 4.69) is 47.4 Å². The molecular formula is C39H25BIrN2O2-2. The van der Waals surface area contributed by atoms with Gasteiger partial charge in [-0.05, 0) is 58.9 Å². The van der Waals surface area contributed by atoms with Crippen molar-refractivity contribution in [1.82, 2.24) is 9.97 Å². The summed E-state index contributed by atoms with van der Waals surface area (Å²) in [6, 6.07) is 47.8. The molecule has 0 spiro atoms. The molecule has 4 heterocycles. The second-order valence-corrected chi connectivity index (χ2v) is 10.6. The number of aromatic nitrogens is 2. The van der Waals surface area contributed by atoms with Crippen LogP contribution in [0.3, 0.4) is 0 Å². The van der Waals surface area contributed by atoms with Crippen molar-refractivity contribution in [3.8, 4) is 45.5 Å². The molecule has 0 fully saturated rings. The van der Waals surface area contributed by atoms with E-state index in [1.54, 1.807) is 18.2 Å². The van der Waals surface area contributed by atoms with Gasteiger partial charge in [-0.1, -0.05) is 72.3 Å². The average Bonchev–Trinajstić information content (AvgIpc) is 3.11. The Morgan fingerprint density at radius 3 is 2.31 bits per heavy atom. The smallest absolute Gasteiger partial charge is 0.241 e. The molecule has 9 rings (SSSR count). The zero-order valence-corrected chi connectivity index (χ0v) is 26.2. The number of benzene rings is 5. The van der Waals surface area contributed by atoms with Gasteiger partial charge in [-0.3, -0.25) is 4.98 Å². The van der Waals surface area contributed by atoms with Gasteiger partial charge in [0.1, 0.15) is 17.2 Å². The summed E-state index contributed by atoms with van der Waals surface area (Å²) in [4.78, 5) is 9.02. The second kappa shape index (κ2) is 12.2. The van der Waals surface area contributed by atoms with Crippen molar-refractivity contribution in [2.24, 2.45) is 0 Å². The predicted molar refractivity (Wildman–Crippen MR) is 177 cm³/mol. The van der Waals surface area contributed by atoms with E-state index in [9.17, 15) is 0 Å². The third-order valence-corrected chi connectivity index (χ3v) is 7.87. The van der Waals surface area contributed by atoms with Crippen LogP contribution in [-0.2, 0) is 20.1 Å². The molecule has 7 aromatic rings. The van der Waals surface area contributed by atoms with E-state index in [1.807, 2.05) is 78.9 Å². The minimum absolute atomic E-state index is 0. The molecule has 0 atom stereocenters. The van der Waals surface area contributed by atoms with Crippen LogP contribution in [0.4, 0.5) is 0 Å². The van der Waals surface area contributed by atoms with Crippen molar-refractivity contribution in [1.29, 1.82) is 0 Å². The van der Waals surface area contributed by atoms with Crippen molar-refractivity contribution >= 4 is 34.0 Å². The first-order valence-corrected chi connectivity index (χ1v) is 14.4. The van der Waals surface area contributed by atoms with Gasteiger partial charge >= 0.3 is 0 Å². The number of nitrogens with zero attached hydrogens (tertiary/aromatic N) is 2. The zero-order valence-electron chi connectivity index (χ0n) is 26.8. The van der Waals surface area contributed by atoms with Gasteiger partial charge in [0.2, 0.25) is 6.71 Å². The van der Waals surface area contributed by atoms with Crippen molar-refractivity contribution in [2.45, 2.75) is 6.85 Å². The van der Waals surface area contributed by atoms with Crippen molar-refractivity contribution in [3.63, 3.8) is 0 Å². The summed E-state index contributed by atoms with van der Waals surface area (Å²) >= 11 is 0. The maximum Gasteiger partial charge on any atom is 0.241 e. The molecule has 0 saturated heterocycles. The molecule has 0 bridgehead atoms. The Hall–Kier alpha value is -5.03. The Morgan fingerprint density at radius 2 is 1.47 bits per heavy atom. The minimum Gasteiger partial charge on any atom is -0.503 e. The third kappa shape index (κ3) is 5.33. The van der Waals surface area contributed by atoms with Crippen LogP contribution >= 0.6 is 0 Å². The molecule has 0 N–H and O–H groups in total. The molecule has 45 heavy (non-hydrogen) atoms. The van der Waals surface area contributed by atoms with Crippen LogP contribution in [0.15, 0.2) is 134 Å². The molecule has 0 saturated carbocycles. The van der Waals surface area contributed by atoms with Gasteiger partial charge in [-0.2, -0.15) is 0 Å². The first-order chi connectivity index (χ1) is 22.9. The fraction of sp³-hybridized carbons (Fsp3) is 0.0256. The van der Waals surface area contributed by atoms with Gasteiger partial charge in [0, 0.05) is 41.6 Å². The number of rotatable bonds is 2. The van der Waals surface area contributed by atoms with Gasteiger partial charge < -0.3 is 14.5 Å². The van der Waals surface area contributed by atoms with Crippen LogP contribution in [-0.4, -0.2) is 16.7 Å². The summed E-state index contributed by atoms with van der Waals surface area (Å²) in [7, 11) is 0. The molecular weight excluding hydrogens is 731 g/mol. The fourth-order valence-corrected chi connectivity index (χ4v) is 5.84. The van der Waals surface area contributed by atoms with Gasteiger partial charge in [0.05, 0.1) is 5.52 Å². The Balaban J connectivity index is 0.000000183. The van der Waals surface area contributed by atoms with E-state index in [0.29, 0.717) is 0 Å². The Labute approximate surface area is 280 Å². The Bertz CT molecular complexity index is 2260. The molecule has 217 valence electrons. The number of ether oxygens (including phenoxy) is 2. The van der Waals surface area contributed by atoms with Crippen LogP contribution in [0.25, 0.3) is 33.4 Å². The normalized spacial score (nSPS) is 13.1. The largest absolute Gasteiger partial charge is 0.503 e. The molecule has 0 amide bonds. The maximum atomic E-state index is 7.23. The van der Waals surface area contributed by atoms with Crippen LogP contribution in [0.2, 0.25) is 0 Å². The predicted octanol–water partition coefficient (Wildman–Crippen LogP) is 7.28. The van der Waals surface area contributed by atoms with Crippen LogP contribution in [0.1, 0.15) is 9.68 Å². The summed E-state index contributed by atoms with van der Waals surface area (Å²) < 4.78 is 34.4. The summed E-state index contributed by atoms with van der Waals surface area (Å²) in [5.74, 6) is 3.39. The van der Waals surface area contributed by atoms with E-state index in [0.717, 1.165) is 72.8 Å². The molecule has 2 aliphatic heterocycles. The summed E-state index contributed by atoms with van der Waals surface area (Å²) in [5, 5.41) is 1.12. The van der Waals surface area contributed by atoms with E-state index in [1.165, 1.54) is 6.20 Å². The van der Waals surface area contributed by atoms with Gasteiger partial charge in [-0.15, -0.1) is 59.6 Å². The summed E-state index contributed by atoms with van der Waals surface area (Å²) in [6.07, 6.45) is 1.39. The third-order valence-electron chi connectivity index (χ3n) is 7.87. The van der Waals surface area contributed by atoms with Crippen molar-refractivity contribution in [3.05, 3.63) is 151 Å². The number of aryl methyl sites for hydroxylation is 1. The van der Waals surface area contributed by atoms with Gasteiger partial charge in [0.15, 0.2) is 0 Å². The second-order valence-electron chi connectivity index (χ2n) is 10.6. The number of hydrogen-bond acceptors (Lipinski definition) is 4. The van der Waals surface area contributed by atoms with E-state index in [-0.39, 0.29) is 32.4 Å². The average molecular weight is 760 g/mol. The quantitative estimate of drug-likeness (QED) is 0.137. The summed E-state index contributed by atoms with van der Waals surface area (Å²) in [6.45, 7) is -2.04. The van der Waals surface area contributed by atoms with Crippen LogP contribution in [0.5, 0.6) is 23.0 Å². The molecule has 0 unspecified atom stereocenters. The summed E-state index contributed by atoms with van der Waals surface area (Å²) in [5.41, 5.74) is 7.88. The fourth-order valence-electron chi connectivity index (χ4n) is 5.84. The topological polar surface area (TPSA) is 44.2 Å². The minimum atomic E-state index is -2.09. The van der Waals surface area contributed by atoms with Crippen LogP contribution < -0.4 is 25.9 Å². The number of hydrogen-bond donors (Lipinski definition) is 0. The first kappa shape index (κ1) is 25.3.